The number of aromatic nitrogens is 1. The summed E-state index contributed by atoms with van der Waals surface area (Å²) in [5, 5.41) is 20.9. The van der Waals surface area contributed by atoms with E-state index in [4.69, 9.17) is 0 Å². The summed E-state index contributed by atoms with van der Waals surface area (Å²) in [7, 11) is 0. The van der Waals surface area contributed by atoms with Gasteiger partial charge in [-0.25, -0.2) is 9.59 Å². The number of carboxylic acid groups (broad SMARTS) is 2. The average molecular weight is 434 g/mol. The van der Waals surface area contributed by atoms with E-state index in [-0.39, 0.29) is 12.1 Å². The van der Waals surface area contributed by atoms with E-state index < -0.39 is 11.9 Å². The first-order chi connectivity index (χ1) is 16.1. The van der Waals surface area contributed by atoms with Crippen LogP contribution in [0.5, 0.6) is 0 Å². The molecule has 5 rings (SSSR count). The van der Waals surface area contributed by atoms with Crippen molar-refractivity contribution in [3.05, 3.63) is 103 Å². The fraction of sp³-hybridized carbons (Fsp3) is 0.0357. The quantitative estimate of drug-likeness (QED) is 0.287. The smallest absolute Gasteiger partial charge is 0.370 e. The maximum Gasteiger partial charge on any atom is 0.370 e. The van der Waals surface area contributed by atoms with E-state index in [9.17, 15) is 19.8 Å². The molecule has 0 saturated carbocycles. The number of aliphatic carboxylic acids is 1. The molecule has 1 heterocycles. The molecule has 0 radical (unpaired) electrons. The number of rotatable bonds is 5. The van der Waals surface area contributed by atoms with Crippen molar-refractivity contribution in [3.63, 3.8) is 0 Å². The molecular formula is C28H20NO4+. The summed E-state index contributed by atoms with van der Waals surface area (Å²) in [6.45, 7) is -0.277. The van der Waals surface area contributed by atoms with E-state index in [0.717, 1.165) is 22.3 Å². The van der Waals surface area contributed by atoms with E-state index in [1.54, 1.807) is 34.9 Å². The molecule has 0 bridgehead atoms. The number of hydrogen-bond donors (Lipinski definition) is 2. The van der Waals surface area contributed by atoms with E-state index >= 15 is 0 Å². The van der Waals surface area contributed by atoms with Crippen LogP contribution in [0.15, 0.2) is 97.1 Å². The molecule has 0 aliphatic carbocycles. The Bertz CT molecular complexity index is 1540. The number of carboxylic acids is 2. The van der Waals surface area contributed by atoms with Gasteiger partial charge in [-0.05, 0) is 28.3 Å². The van der Waals surface area contributed by atoms with Crippen LogP contribution in [-0.2, 0) is 11.3 Å². The monoisotopic (exact) mass is 434 g/mol. The van der Waals surface area contributed by atoms with E-state index in [2.05, 4.69) is 0 Å². The zero-order chi connectivity index (χ0) is 22.9. The number of benzene rings is 4. The Kier molecular flexibility index (Phi) is 5.07. The maximum absolute atomic E-state index is 12.6. The molecule has 0 unspecified atom stereocenters. The lowest BCUT2D eigenvalue weighted by atomic mass is 9.89. The van der Waals surface area contributed by atoms with Gasteiger partial charge < -0.3 is 10.2 Å². The Morgan fingerprint density at radius 1 is 0.636 bits per heavy atom. The van der Waals surface area contributed by atoms with Gasteiger partial charge in [0.1, 0.15) is 0 Å². The molecule has 33 heavy (non-hydrogen) atoms. The van der Waals surface area contributed by atoms with Gasteiger partial charge in [-0.1, -0.05) is 78.9 Å². The van der Waals surface area contributed by atoms with Gasteiger partial charge in [0.25, 0.3) is 0 Å². The molecule has 0 aliphatic rings. The third-order valence-corrected chi connectivity index (χ3v) is 5.86. The standard InChI is InChI=1S/C28H19NO4/c30-25(31)17-29-23-15-7-6-13-22(23)27(28(32)33)26-21(14-8-16-24(26)29)20-12-5-4-11-19(20)18-9-2-1-3-10-18/h1-16H,17H2,(H-,30,31,32,33)/p+1. The number of aromatic carboxylic acids is 1. The third-order valence-electron chi connectivity index (χ3n) is 5.86. The van der Waals surface area contributed by atoms with Crippen LogP contribution in [0.1, 0.15) is 10.4 Å². The summed E-state index contributed by atoms with van der Waals surface area (Å²) in [5.74, 6) is -2.05. The van der Waals surface area contributed by atoms with Crippen LogP contribution >= 0.6 is 0 Å². The van der Waals surface area contributed by atoms with E-state index in [0.29, 0.717) is 21.8 Å². The zero-order valence-electron chi connectivity index (χ0n) is 17.6. The molecule has 4 aromatic carbocycles. The lowest BCUT2D eigenvalue weighted by Crippen LogP contribution is -2.40. The zero-order valence-corrected chi connectivity index (χ0v) is 17.6. The predicted molar refractivity (Wildman–Crippen MR) is 127 cm³/mol. The Hall–Kier alpha value is -4.51. The van der Waals surface area contributed by atoms with Gasteiger partial charge >= 0.3 is 11.9 Å². The van der Waals surface area contributed by atoms with Crippen LogP contribution in [0, 0.1) is 0 Å². The van der Waals surface area contributed by atoms with Crippen molar-refractivity contribution in [3.8, 4) is 22.3 Å². The van der Waals surface area contributed by atoms with Crippen molar-refractivity contribution in [2.45, 2.75) is 6.54 Å². The SMILES string of the molecule is O=C(O)C[n+]1c2ccccc2c(C(=O)O)c2c(-c3ccccc3-c3ccccc3)cccc21. The summed E-state index contributed by atoms with van der Waals surface area (Å²) < 4.78 is 1.67. The highest BCUT2D eigenvalue weighted by atomic mass is 16.4. The molecule has 0 spiro atoms. The number of para-hydroxylation sites is 1. The lowest BCUT2D eigenvalue weighted by molar-refractivity contribution is -0.633. The van der Waals surface area contributed by atoms with Crippen LogP contribution in [0.4, 0.5) is 0 Å². The van der Waals surface area contributed by atoms with Crippen LogP contribution < -0.4 is 4.57 Å². The van der Waals surface area contributed by atoms with Gasteiger partial charge in [-0.2, -0.15) is 4.57 Å². The molecule has 5 aromatic rings. The Labute approximate surface area is 189 Å². The molecule has 0 saturated heterocycles. The van der Waals surface area contributed by atoms with Crippen LogP contribution in [0.2, 0.25) is 0 Å². The number of hydrogen-bond acceptors (Lipinski definition) is 2. The van der Waals surface area contributed by atoms with Gasteiger partial charge in [0.2, 0.25) is 17.6 Å². The van der Waals surface area contributed by atoms with Crippen LogP contribution in [-0.4, -0.2) is 22.2 Å². The summed E-state index contributed by atoms with van der Waals surface area (Å²) in [6.07, 6.45) is 0. The first kappa shape index (κ1) is 20.4. The number of carbonyl (C=O) groups is 2. The van der Waals surface area contributed by atoms with Crippen molar-refractivity contribution >= 4 is 33.7 Å². The highest BCUT2D eigenvalue weighted by Gasteiger charge is 2.28. The number of nitrogens with zero attached hydrogens (tertiary/aromatic N) is 1. The third kappa shape index (κ3) is 3.49. The maximum atomic E-state index is 12.6. The number of pyridine rings is 1. The van der Waals surface area contributed by atoms with Crippen molar-refractivity contribution in [1.29, 1.82) is 0 Å². The fourth-order valence-electron chi connectivity index (χ4n) is 4.55. The first-order valence-electron chi connectivity index (χ1n) is 10.5. The molecule has 5 nitrogen and oxygen atoms in total. The molecule has 0 atom stereocenters. The summed E-state index contributed by atoms with van der Waals surface area (Å²) in [4.78, 5) is 24.3. The second kappa shape index (κ2) is 8.20. The van der Waals surface area contributed by atoms with Gasteiger partial charge in [-0.15, -0.1) is 0 Å². The van der Waals surface area contributed by atoms with Crippen LogP contribution in [0.3, 0.4) is 0 Å². The minimum atomic E-state index is -1.05. The molecule has 5 heteroatoms. The molecular weight excluding hydrogens is 414 g/mol. The highest BCUT2D eigenvalue weighted by Crippen LogP contribution is 2.38. The molecule has 0 amide bonds. The second-order valence-electron chi connectivity index (χ2n) is 7.79. The summed E-state index contributed by atoms with van der Waals surface area (Å²) in [6, 6.07) is 30.3. The Morgan fingerprint density at radius 3 is 1.97 bits per heavy atom. The van der Waals surface area contributed by atoms with Gasteiger partial charge in [0.05, 0.1) is 16.3 Å². The minimum Gasteiger partial charge on any atom is -0.478 e. The fourth-order valence-corrected chi connectivity index (χ4v) is 4.55. The predicted octanol–water partition coefficient (Wildman–Crippen LogP) is 5.40. The highest BCUT2D eigenvalue weighted by molar-refractivity contribution is 6.16. The Balaban J connectivity index is 1.96. The summed E-state index contributed by atoms with van der Waals surface area (Å²) in [5.41, 5.74) is 4.91. The molecule has 2 N–H and O–H groups in total. The van der Waals surface area contributed by atoms with Gasteiger partial charge in [0.15, 0.2) is 0 Å². The molecule has 0 aliphatic heterocycles. The number of fused-ring (bicyclic) bond motifs is 2. The molecule has 1 aromatic heterocycles. The van der Waals surface area contributed by atoms with Crippen molar-refractivity contribution in [2.24, 2.45) is 0 Å². The molecule has 0 fully saturated rings. The lowest BCUT2D eigenvalue weighted by Gasteiger charge is -2.15. The average Bonchev–Trinajstić information content (AvgIpc) is 2.84. The first-order valence-corrected chi connectivity index (χ1v) is 10.5. The van der Waals surface area contributed by atoms with Gasteiger partial charge in [-0.3, -0.25) is 0 Å². The largest absolute Gasteiger partial charge is 0.478 e. The topological polar surface area (TPSA) is 78.5 Å². The molecule has 160 valence electrons. The Morgan fingerprint density at radius 2 is 1.24 bits per heavy atom. The normalized spacial score (nSPS) is 11.0. The van der Waals surface area contributed by atoms with Crippen molar-refractivity contribution < 1.29 is 24.4 Å². The van der Waals surface area contributed by atoms with E-state index in [1.807, 2.05) is 66.7 Å². The van der Waals surface area contributed by atoms with Crippen molar-refractivity contribution in [2.75, 3.05) is 0 Å². The summed E-state index contributed by atoms with van der Waals surface area (Å²) >= 11 is 0. The van der Waals surface area contributed by atoms with Crippen LogP contribution in [0.25, 0.3) is 44.1 Å². The van der Waals surface area contributed by atoms with Gasteiger partial charge in [0, 0.05) is 12.1 Å². The second-order valence-corrected chi connectivity index (χ2v) is 7.79. The minimum absolute atomic E-state index is 0.167. The van der Waals surface area contributed by atoms with Crippen molar-refractivity contribution in [1.82, 2.24) is 0 Å². The van der Waals surface area contributed by atoms with E-state index in [1.165, 1.54) is 0 Å².